The molecule has 0 bridgehead atoms. The first-order valence-electron chi connectivity index (χ1n) is 6.64. The van der Waals surface area contributed by atoms with Crippen LogP contribution in [0.5, 0.6) is 0 Å². The highest BCUT2D eigenvalue weighted by atomic mass is 16.5. The second kappa shape index (κ2) is 5.03. The van der Waals surface area contributed by atoms with E-state index in [2.05, 4.69) is 24.1 Å². The smallest absolute Gasteiger partial charge is 0.0777 e. The summed E-state index contributed by atoms with van der Waals surface area (Å²) in [6, 6.07) is 0.694. The predicted octanol–water partition coefficient (Wildman–Crippen LogP) is 1.49. The van der Waals surface area contributed by atoms with Gasteiger partial charge in [-0.15, -0.1) is 0 Å². The Labute approximate surface area is 99.5 Å². The highest BCUT2D eigenvalue weighted by molar-refractivity contribution is 4.89. The zero-order chi connectivity index (χ0) is 11.6. The molecular weight excluding hydrogens is 200 g/mol. The molecule has 94 valence electrons. The molecule has 0 spiro atoms. The van der Waals surface area contributed by atoms with Gasteiger partial charge in [-0.25, -0.2) is 0 Å². The minimum atomic E-state index is 0.0834. The van der Waals surface area contributed by atoms with Gasteiger partial charge in [0.25, 0.3) is 0 Å². The highest BCUT2D eigenvalue weighted by Crippen LogP contribution is 2.25. The Hall–Kier alpha value is -0.120. The lowest BCUT2D eigenvalue weighted by Gasteiger charge is -2.40. The average Bonchev–Trinajstić information content (AvgIpc) is 2.65. The van der Waals surface area contributed by atoms with Crippen molar-refractivity contribution in [2.45, 2.75) is 44.8 Å². The minimum Gasteiger partial charge on any atom is -0.377 e. The Balaban J connectivity index is 1.85. The SMILES string of the molecule is COC1(C)CCCN(CC2NCCC2C)C1. The van der Waals surface area contributed by atoms with Gasteiger partial charge in [-0.05, 0) is 45.2 Å². The third-order valence-corrected chi connectivity index (χ3v) is 4.38. The third kappa shape index (κ3) is 2.76. The van der Waals surface area contributed by atoms with E-state index in [1.54, 1.807) is 0 Å². The summed E-state index contributed by atoms with van der Waals surface area (Å²) >= 11 is 0. The molecule has 2 aliphatic heterocycles. The second-order valence-corrected chi connectivity index (χ2v) is 5.82. The Kier molecular flexibility index (Phi) is 3.88. The zero-order valence-corrected chi connectivity index (χ0v) is 11.0. The molecule has 16 heavy (non-hydrogen) atoms. The van der Waals surface area contributed by atoms with Crippen molar-refractivity contribution in [1.82, 2.24) is 10.2 Å². The summed E-state index contributed by atoms with van der Waals surface area (Å²) in [7, 11) is 1.85. The lowest BCUT2D eigenvalue weighted by Crippen LogP contribution is -2.51. The van der Waals surface area contributed by atoms with E-state index in [-0.39, 0.29) is 5.60 Å². The molecule has 2 aliphatic rings. The Bertz CT molecular complexity index is 234. The molecule has 2 saturated heterocycles. The van der Waals surface area contributed by atoms with Crippen LogP contribution >= 0.6 is 0 Å². The maximum atomic E-state index is 5.64. The molecule has 0 saturated carbocycles. The molecule has 3 unspecified atom stereocenters. The van der Waals surface area contributed by atoms with Gasteiger partial charge in [-0.2, -0.15) is 0 Å². The van der Waals surface area contributed by atoms with Gasteiger partial charge in [-0.1, -0.05) is 6.92 Å². The quantitative estimate of drug-likeness (QED) is 0.789. The highest BCUT2D eigenvalue weighted by Gasteiger charge is 2.33. The number of methoxy groups -OCH3 is 1. The summed E-state index contributed by atoms with van der Waals surface area (Å²) in [6.07, 6.45) is 3.80. The van der Waals surface area contributed by atoms with Crippen molar-refractivity contribution in [3.8, 4) is 0 Å². The van der Waals surface area contributed by atoms with Crippen LogP contribution in [0.15, 0.2) is 0 Å². The van der Waals surface area contributed by atoms with Gasteiger partial charge in [0.1, 0.15) is 0 Å². The molecule has 0 aromatic carbocycles. The lowest BCUT2D eigenvalue weighted by atomic mass is 9.93. The molecule has 0 aromatic heterocycles. The molecule has 3 heteroatoms. The zero-order valence-electron chi connectivity index (χ0n) is 11.0. The van der Waals surface area contributed by atoms with E-state index < -0.39 is 0 Å². The number of hydrogen-bond acceptors (Lipinski definition) is 3. The first-order valence-corrected chi connectivity index (χ1v) is 6.64. The number of likely N-dealkylation sites (tertiary alicyclic amines) is 1. The van der Waals surface area contributed by atoms with Crippen LogP contribution in [0.25, 0.3) is 0 Å². The monoisotopic (exact) mass is 226 g/mol. The van der Waals surface area contributed by atoms with Gasteiger partial charge >= 0.3 is 0 Å². The van der Waals surface area contributed by atoms with Crippen molar-refractivity contribution >= 4 is 0 Å². The molecular formula is C13H26N2O. The van der Waals surface area contributed by atoms with Crippen molar-refractivity contribution in [1.29, 1.82) is 0 Å². The summed E-state index contributed by atoms with van der Waals surface area (Å²) in [6.45, 7) is 9.33. The number of nitrogens with zero attached hydrogens (tertiary/aromatic N) is 1. The molecule has 0 aromatic rings. The fraction of sp³-hybridized carbons (Fsp3) is 1.00. The van der Waals surface area contributed by atoms with Gasteiger partial charge < -0.3 is 10.1 Å². The van der Waals surface area contributed by atoms with Gasteiger partial charge in [0.15, 0.2) is 0 Å². The largest absolute Gasteiger partial charge is 0.377 e. The van der Waals surface area contributed by atoms with Crippen LogP contribution in [0.2, 0.25) is 0 Å². The standard InChI is InChI=1S/C13H26N2O/c1-11-5-7-14-12(11)9-15-8-4-6-13(2,10-15)16-3/h11-12,14H,4-10H2,1-3H3. The third-order valence-electron chi connectivity index (χ3n) is 4.38. The average molecular weight is 226 g/mol. The molecule has 2 fully saturated rings. The minimum absolute atomic E-state index is 0.0834. The number of rotatable bonds is 3. The van der Waals surface area contributed by atoms with Crippen molar-refractivity contribution < 1.29 is 4.74 Å². The first kappa shape index (κ1) is 12.3. The van der Waals surface area contributed by atoms with Crippen LogP contribution in [0.4, 0.5) is 0 Å². The van der Waals surface area contributed by atoms with E-state index in [1.807, 2.05) is 7.11 Å². The van der Waals surface area contributed by atoms with Crippen LogP contribution in [-0.2, 0) is 4.74 Å². The summed E-state index contributed by atoms with van der Waals surface area (Å²) in [4.78, 5) is 2.58. The summed E-state index contributed by atoms with van der Waals surface area (Å²) < 4.78 is 5.64. The van der Waals surface area contributed by atoms with Crippen molar-refractivity contribution in [3.63, 3.8) is 0 Å². The van der Waals surface area contributed by atoms with Gasteiger partial charge in [0, 0.05) is 26.2 Å². The Morgan fingerprint density at radius 3 is 2.94 bits per heavy atom. The van der Waals surface area contributed by atoms with Crippen LogP contribution in [-0.4, -0.2) is 49.8 Å². The fourth-order valence-corrected chi connectivity index (χ4v) is 3.05. The fourth-order valence-electron chi connectivity index (χ4n) is 3.05. The number of nitrogens with one attached hydrogen (secondary N) is 1. The van der Waals surface area contributed by atoms with Crippen LogP contribution < -0.4 is 5.32 Å². The molecule has 2 rings (SSSR count). The predicted molar refractivity (Wildman–Crippen MR) is 66.7 cm³/mol. The number of ether oxygens (including phenoxy) is 1. The second-order valence-electron chi connectivity index (χ2n) is 5.82. The summed E-state index contributed by atoms with van der Waals surface area (Å²) in [5.41, 5.74) is 0.0834. The molecule has 1 N–H and O–H groups in total. The maximum absolute atomic E-state index is 5.64. The molecule has 0 radical (unpaired) electrons. The van der Waals surface area contributed by atoms with E-state index in [9.17, 15) is 0 Å². The summed E-state index contributed by atoms with van der Waals surface area (Å²) in [5, 5.41) is 3.62. The summed E-state index contributed by atoms with van der Waals surface area (Å²) in [5.74, 6) is 0.829. The normalized spacial score (nSPS) is 41.4. The van der Waals surface area contributed by atoms with Crippen molar-refractivity contribution in [2.24, 2.45) is 5.92 Å². The van der Waals surface area contributed by atoms with E-state index in [1.165, 1.54) is 38.9 Å². The van der Waals surface area contributed by atoms with Crippen LogP contribution in [0.1, 0.15) is 33.1 Å². The Morgan fingerprint density at radius 2 is 2.31 bits per heavy atom. The number of hydrogen-bond donors (Lipinski definition) is 1. The van der Waals surface area contributed by atoms with Crippen LogP contribution in [0.3, 0.4) is 0 Å². The van der Waals surface area contributed by atoms with E-state index in [0.29, 0.717) is 6.04 Å². The maximum Gasteiger partial charge on any atom is 0.0777 e. The molecule has 0 amide bonds. The van der Waals surface area contributed by atoms with Crippen molar-refractivity contribution in [3.05, 3.63) is 0 Å². The molecule has 0 aliphatic carbocycles. The lowest BCUT2D eigenvalue weighted by molar-refractivity contribution is -0.0526. The molecule has 2 heterocycles. The van der Waals surface area contributed by atoms with Crippen LogP contribution in [0, 0.1) is 5.92 Å². The van der Waals surface area contributed by atoms with Gasteiger partial charge in [0.05, 0.1) is 5.60 Å². The molecule has 3 nitrogen and oxygen atoms in total. The first-order chi connectivity index (χ1) is 7.63. The Morgan fingerprint density at radius 1 is 1.50 bits per heavy atom. The van der Waals surface area contributed by atoms with E-state index in [4.69, 9.17) is 4.74 Å². The van der Waals surface area contributed by atoms with E-state index >= 15 is 0 Å². The topological polar surface area (TPSA) is 24.5 Å². The van der Waals surface area contributed by atoms with Crippen molar-refractivity contribution in [2.75, 3.05) is 33.3 Å². The van der Waals surface area contributed by atoms with E-state index in [0.717, 1.165) is 12.5 Å². The van der Waals surface area contributed by atoms with Gasteiger partial charge in [0.2, 0.25) is 0 Å². The molecule has 3 atom stereocenters. The van der Waals surface area contributed by atoms with Gasteiger partial charge in [-0.3, -0.25) is 4.90 Å². The number of piperidine rings is 1.